The van der Waals surface area contributed by atoms with Crippen molar-refractivity contribution in [2.24, 2.45) is 0 Å². The number of benzene rings is 4. The monoisotopic (exact) mass is 762 g/mol. The van der Waals surface area contributed by atoms with Crippen LogP contribution in [0.15, 0.2) is 119 Å². The zero-order valence-electron chi connectivity index (χ0n) is 20.2. The number of hydrogen-bond acceptors (Lipinski definition) is 8. The molecule has 0 aliphatic carbocycles. The normalized spacial score (nSPS) is 10.7. The molecule has 0 heterocycles. The van der Waals surface area contributed by atoms with Gasteiger partial charge in [-0.1, -0.05) is 72.8 Å². The molecule has 200 valence electrons. The van der Waals surface area contributed by atoms with E-state index in [0.29, 0.717) is 0 Å². The van der Waals surface area contributed by atoms with Crippen molar-refractivity contribution in [3.8, 4) is 0 Å². The number of nitrogens with one attached hydrogen (secondary N) is 2. The van der Waals surface area contributed by atoms with Crippen LogP contribution in [-0.4, -0.2) is 56.1 Å². The number of carboxylic acid groups (broad SMARTS) is 2. The Hall–Kier alpha value is -3.76. The molecule has 0 saturated carbocycles. The molecule has 4 aromatic rings. The molecule has 0 aromatic heterocycles. The van der Waals surface area contributed by atoms with Crippen LogP contribution < -0.4 is 19.7 Å². The second-order valence-electron chi connectivity index (χ2n) is 7.50. The van der Waals surface area contributed by atoms with Crippen LogP contribution in [0.4, 0.5) is 11.4 Å². The summed E-state index contributed by atoms with van der Waals surface area (Å²) in [5, 5.41) is 21.8. The average molecular weight is 762 g/mol. The van der Waals surface area contributed by atoms with E-state index in [9.17, 15) is 36.6 Å². The molecule has 39 heavy (non-hydrogen) atoms. The Kier molecular flexibility index (Phi) is 11.2. The SMILES string of the molecule is O=C([O-])c1ccccc1NS(=O)(=O)c1ccccc1.O=C([O-])c1ccccc1NS(=O)(=O)c1ccccc1.[PbH2+2]. The van der Waals surface area contributed by atoms with Crippen molar-refractivity contribution in [3.63, 3.8) is 0 Å². The van der Waals surface area contributed by atoms with Crippen molar-refractivity contribution in [1.82, 2.24) is 0 Å². The third-order valence-corrected chi connectivity index (χ3v) is 7.65. The summed E-state index contributed by atoms with van der Waals surface area (Å²) in [6.07, 6.45) is 0. The number of carbonyl (C=O) groups excluding carboxylic acids is 2. The van der Waals surface area contributed by atoms with Gasteiger partial charge in [-0.2, -0.15) is 0 Å². The Morgan fingerprint density at radius 3 is 1.08 bits per heavy atom. The van der Waals surface area contributed by atoms with Gasteiger partial charge >= 0.3 is 27.3 Å². The van der Waals surface area contributed by atoms with Crippen molar-refractivity contribution in [3.05, 3.63) is 120 Å². The van der Waals surface area contributed by atoms with E-state index in [1.807, 2.05) is 0 Å². The van der Waals surface area contributed by atoms with E-state index in [4.69, 9.17) is 0 Å². The van der Waals surface area contributed by atoms with Crippen molar-refractivity contribution in [1.29, 1.82) is 0 Å². The summed E-state index contributed by atoms with van der Waals surface area (Å²) in [4.78, 5) is 21.9. The molecule has 0 aliphatic heterocycles. The minimum absolute atomic E-state index is 0. The summed E-state index contributed by atoms with van der Waals surface area (Å²) in [6, 6.07) is 26.7. The van der Waals surface area contributed by atoms with Gasteiger partial charge < -0.3 is 19.8 Å². The fourth-order valence-electron chi connectivity index (χ4n) is 3.11. The molecule has 2 N–H and O–H groups in total. The van der Waals surface area contributed by atoms with Crippen LogP contribution in [0, 0.1) is 0 Å². The molecule has 4 rings (SSSR count). The van der Waals surface area contributed by atoms with Gasteiger partial charge in [-0.3, -0.25) is 9.44 Å². The van der Waals surface area contributed by atoms with Crippen LogP contribution in [0.5, 0.6) is 0 Å². The molecule has 0 aliphatic rings. The van der Waals surface area contributed by atoms with Gasteiger partial charge in [-0.05, 0) is 36.4 Å². The average Bonchev–Trinajstić information content (AvgIpc) is 2.90. The summed E-state index contributed by atoms with van der Waals surface area (Å²) < 4.78 is 52.7. The van der Waals surface area contributed by atoms with Gasteiger partial charge in [-0.25, -0.2) is 16.8 Å². The van der Waals surface area contributed by atoms with Crippen LogP contribution in [-0.2, 0) is 20.0 Å². The topological polar surface area (TPSA) is 173 Å². The predicted octanol–water partition coefficient (Wildman–Crippen LogP) is 0.786. The fourth-order valence-corrected chi connectivity index (χ4v) is 5.31. The van der Waals surface area contributed by atoms with Crippen molar-refractivity contribution < 1.29 is 36.6 Å². The van der Waals surface area contributed by atoms with Gasteiger partial charge in [0.05, 0.1) is 33.1 Å². The first-order valence-corrected chi connectivity index (χ1v) is 13.7. The van der Waals surface area contributed by atoms with E-state index in [2.05, 4.69) is 9.44 Å². The molecule has 0 amide bonds. The molecule has 0 bridgehead atoms. The Bertz CT molecular complexity index is 1520. The van der Waals surface area contributed by atoms with Crippen LogP contribution in [0.3, 0.4) is 0 Å². The Morgan fingerprint density at radius 1 is 0.487 bits per heavy atom. The molecule has 0 radical (unpaired) electrons. The maximum atomic E-state index is 12.1. The van der Waals surface area contributed by atoms with E-state index in [1.54, 1.807) is 36.4 Å². The van der Waals surface area contributed by atoms with Crippen LogP contribution >= 0.6 is 0 Å². The van der Waals surface area contributed by atoms with Crippen molar-refractivity contribution in [2.75, 3.05) is 9.44 Å². The van der Waals surface area contributed by atoms with Gasteiger partial charge in [0, 0.05) is 11.1 Å². The molecule has 0 atom stereocenters. The van der Waals surface area contributed by atoms with Crippen molar-refractivity contribution in [2.45, 2.75) is 9.79 Å². The quantitative estimate of drug-likeness (QED) is 0.248. The second kappa shape index (κ2) is 13.9. The second-order valence-corrected chi connectivity index (χ2v) is 10.9. The molecule has 0 unspecified atom stereocenters. The fraction of sp³-hybridized carbons (Fsp3) is 0. The van der Waals surface area contributed by atoms with Gasteiger partial charge in [0.25, 0.3) is 20.0 Å². The number of sulfonamides is 2. The molecule has 4 aromatic carbocycles. The van der Waals surface area contributed by atoms with Gasteiger partial charge in [0.15, 0.2) is 0 Å². The zero-order chi connectivity index (χ0) is 27.8. The first-order chi connectivity index (χ1) is 18.0. The summed E-state index contributed by atoms with van der Waals surface area (Å²) in [5.74, 6) is -2.88. The molecule has 0 fully saturated rings. The van der Waals surface area contributed by atoms with Crippen LogP contribution in [0.25, 0.3) is 0 Å². The van der Waals surface area contributed by atoms with E-state index in [1.165, 1.54) is 72.8 Å². The number of carbonyl (C=O) groups is 2. The maximum absolute atomic E-state index is 12.1. The van der Waals surface area contributed by atoms with Crippen molar-refractivity contribution >= 4 is 70.7 Å². The number of carboxylic acids is 2. The third kappa shape index (κ3) is 8.63. The summed E-state index contributed by atoms with van der Waals surface area (Å²) in [7, 11) is -7.62. The number of hydrogen-bond donors (Lipinski definition) is 2. The zero-order valence-corrected chi connectivity index (χ0v) is 27.3. The number of aromatic carboxylic acids is 2. The summed E-state index contributed by atoms with van der Waals surface area (Å²) >= 11 is 0. The van der Waals surface area contributed by atoms with Gasteiger partial charge in [0.2, 0.25) is 0 Å². The first-order valence-electron chi connectivity index (χ1n) is 10.8. The molecule has 0 saturated heterocycles. The Balaban J connectivity index is 0.000000267. The molecular weight excluding hydrogens is 740 g/mol. The molecule has 0 spiro atoms. The minimum atomic E-state index is -3.81. The summed E-state index contributed by atoms with van der Waals surface area (Å²) in [5.41, 5.74) is -0.457. The Labute approximate surface area is 245 Å². The third-order valence-electron chi connectivity index (χ3n) is 4.89. The Morgan fingerprint density at radius 2 is 0.769 bits per heavy atom. The first kappa shape index (κ1) is 31.5. The number of para-hydroxylation sites is 2. The standard InChI is InChI=1S/2C13H11NO4S.Pb.2H/c2*15-13(16)11-8-4-5-9-12(11)14-19(17,18)10-6-2-1-3-7-10;;;/h2*1-9,14H,(H,15,16);;;/q;;+2;;/p-2. The van der Waals surface area contributed by atoms with E-state index < -0.39 is 32.0 Å². The predicted molar refractivity (Wildman–Crippen MR) is 145 cm³/mol. The summed E-state index contributed by atoms with van der Waals surface area (Å²) in [6.45, 7) is 0. The number of anilines is 2. The van der Waals surface area contributed by atoms with Gasteiger partial charge in [-0.15, -0.1) is 0 Å². The van der Waals surface area contributed by atoms with E-state index >= 15 is 0 Å². The molecule has 13 heteroatoms. The van der Waals surface area contributed by atoms with E-state index in [0.717, 1.165) is 0 Å². The van der Waals surface area contributed by atoms with Crippen LogP contribution in [0.1, 0.15) is 20.7 Å². The van der Waals surface area contributed by atoms with Crippen LogP contribution in [0.2, 0.25) is 0 Å². The van der Waals surface area contributed by atoms with E-state index in [-0.39, 0.29) is 59.6 Å². The number of rotatable bonds is 8. The van der Waals surface area contributed by atoms with Gasteiger partial charge in [0.1, 0.15) is 0 Å². The molecule has 10 nitrogen and oxygen atoms in total. The molecular formula is C26H22N2O8PbS2.